The molecule has 0 fully saturated rings. The number of nitrogens with zero attached hydrogens (tertiary/aromatic N) is 5. The highest BCUT2D eigenvalue weighted by atomic mass is 35.5. The van der Waals surface area contributed by atoms with E-state index in [2.05, 4.69) is 49.8 Å². The second-order valence-electron chi connectivity index (χ2n) is 13.4. The Kier molecular flexibility index (Phi) is 28.3. The number of aromatic nitrogens is 10. The van der Waals surface area contributed by atoms with Crippen LogP contribution < -0.4 is 28.1 Å². The molecule has 1 atom stereocenters. The summed E-state index contributed by atoms with van der Waals surface area (Å²) in [6, 6.07) is 5.44. The Morgan fingerprint density at radius 1 is 0.667 bits per heavy atom. The monoisotopic (exact) mass is 1000 g/mol. The van der Waals surface area contributed by atoms with Crippen LogP contribution in [0.4, 0.5) is 11.6 Å². The van der Waals surface area contributed by atoms with Crippen LogP contribution in [0.15, 0.2) is 57.9 Å². The fourth-order valence-electron chi connectivity index (χ4n) is 5.70. The van der Waals surface area contributed by atoms with Gasteiger partial charge in [0.15, 0.2) is 23.6 Å². The number of aromatic amines is 6. The molecule has 0 aliphatic carbocycles. The highest BCUT2D eigenvalue weighted by Gasteiger charge is 2.24. The summed E-state index contributed by atoms with van der Waals surface area (Å²) in [4.78, 5) is 76.8. The van der Waals surface area contributed by atoms with Crippen LogP contribution in [0.25, 0.3) is 22.1 Å². The van der Waals surface area contributed by atoms with Crippen molar-refractivity contribution in [2.24, 2.45) is 5.92 Å². The molecule has 6 heterocycles. The summed E-state index contributed by atoms with van der Waals surface area (Å²) < 4.78 is 36.9. The van der Waals surface area contributed by atoms with Crippen molar-refractivity contribution in [3.8, 4) is 6.07 Å². The molecule has 26 heteroatoms. The van der Waals surface area contributed by atoms with Gasteiger partial charge in [0.2, 0.25) is 0 Å². The van der Waals surface area contributed by atoms with Gasteiger partial charge < -0.3 is 69.5 Å². The first-order valence-electron chi connectivity index (χ1n) is 21.8. The lowest BCUT2D eigenvalue weighted by molar-refractivity contribution is -0.161. The van der Waals surface area contributed by atoms with Crippen molar-refractivity contribution in [1.29, 1.82) is 5.26 Å². The first-order valence-corrected chi connectivity index (χ1v) is 22.6. The summed E-state index contributed by atoms with van der Waals surface area (Å²) in [6.07, 6.45) is 6.89. The number of nitriles is 1. The number of nitrogen functional groups attached to an aromatic ring is 2. The number of hydrogen-bond donors (Lipinski definition) is 8. The van der Waals surface area contributed by atoms with E-state index in [-0.39, 0.29) is 52.5 Å². The van der Waals surface area contributed by atoms with Crippen LogP contribution in [-0.2, 0) is 50.8 Å². The summed E-state index contributed by atoms with van der Waals surface area (Å²) in [6.45, 7) is 16.1. The van der Waals surface area contributed by atoms with E-state index in [1.807, 2.05) is 53.7 Å². The minimum Gasteiger partial charge on any atom is -0.465 e. The maximum Gasteiger partial charge on any atom is 0.323 e. The number of carbonyl (C=O) groups is 1. The van der Waals surface area contributed by atoms with Crippen LogP contribution in [0.1, 0.15) is 66.0 Å². The van der Waals surface area contributed by atoms with Gasteiger partial charge >= 0.3 is 5.97 Å². The van der Waals surface area contributed by atoms with Crippen molar-refractivity contribution >= 4 is 63.5 Å². The van der Waals surface area contributed by atoms with Crippen molar-refractivity contribution in [2.75, 3.05) is 57.7 Å². The SMILES string of the molecule is CCOC(=O)C(C#N)CC(OCC)OCC.CCOC(Cc1c(N)[nH]c(=S)[nH]c1=O)OCC.CCOC(Cc1c(N)nc[nH]c1=O)OCC.Clc1ncnc2[nH]ccc12.O=c1[nH]cnc2[nH]ccc12. The third-order valence-corrected chi connectivity index (χ3v) is 9.24. The Bertz CT molecular complexity index is 2660. The summed E-state index contributed by atoms with van der Waals surface area (Å²) in [5, 5.41) is 10.8. The molecule has 6 aromatic rings. The molecule has 6 aromatic heterocycles. The summed E-state index contributed by atoms with van der Waals surface area (Å²) >= 11 is 10.5. The number of hydrogen-bond acceptors (Lipinski definition) is 19. The lowest BCUT2D eigenvalue weighted by atomic mass is 10.1. The first kappa shape index (κ1) is 58.8. The normalized spacial score (nSPS) is 11.1. The third-order valence-electron chi connectivity index (χ3n) is 8.73. The molecular weight excluding hydrogens is 942 g/mol. The standard InChI is InChI=1S/C11H19NO4.C10H17N3O3S.C10H17N3O3.C6H4ClN3.C6H5N3O/c1-4-14-10(15-5-2)7-9(8-12)11(13)16-6-3;1-3-15-7(16-4-2)5-6-8(11)12-10(17)13-9(6)14;1-3-15-8(16-4-2)5-7-9(11)12-6-13-10(7)14;7-5-4-1-2-8-6(4)10-3-9-5;10-6-4-1-2-7-5(4)8-3-9-6/h9-10H,4-7H2,1-3H3;7H,3-5H2,1-2H3,(H4,11,12,13,14,17);6,8H,3-5H2,1-2H3,(H3,11,12,13,14);1-3H,(H,8,9,10);1-3H,(H2,7,8,9,10). The van der Waals surface area contributed by atoms with E-state index in [4.69, 9.17) is 73.7 Å². The van der Waals surface area contributed by atoms with Crippen LogP contribution in [0.2, 0.25) is 5.15 Å². The number of carbonyl (C=O) groups excluding carboxylic acids is 1. The zero-order chi connectivity index (χ0) is 51.1. The van der Waals surface area contributed by atoms with Crippen LogP contribution >= 0.6 is 23.8 Å². The quantitative estimate of drug-likeness (QED) is 0.0224. The number of esters is 1. The van der Waals surface area contributed by atoms with E-state index in [1.54, 1.807) is 25.4 Å². The van der Waals surface area contributed by atoms with Crippen molar-refractivity contribution in [2.45, 2.75) is 86.6 Å². The predicted octanol–water partition coefficient (Wildman–Crippen LogP) is 4.59. The number of halogens is 1. The molecule has 6 rings (SSSR count). The van der Waals surface area contributed by atoms with E-state index >= 15 is 0 Å². The molecule has 378 valence electrons. The lowest BCUT2D eigenvalue weighted by Crippen LogP contribution is -2.26. The van der Waals surface area contributed by atoms with Gasteiger partial charge in [-0.15, -0.1) is 0 Å². The number of nitrogens with two attached hydrogens (primary N) is 2. The number of ether oxygens (including phenoxy) is 7. The van der Waals surface area contributed by atoms with Gasteiger partial charge in [-0.1, -0.05) is 11.6 Å². The second kappa shape index (κ2) is 33.2. The first-order chi connectivity index (χ1) is 33.2. The molecule has 69 heavy (non-hydrogen) atoms. The number of H-pyrrole nitrogens is 6. The van der Waals surface area contributed by atoms with Crippen molar-refractivity contribution in [3.05, 3.63) is 95.6 Å². The Morgan fingerprint density at radius 2 is 1.17 bits per heavy atom. The van der Waals surface area contributed by atoms with Gasteiger partial charge in [-0.05, 0) is 72.8 Å². The fourth-order valence-corrected chi connectivity index (χ4v) is 6.10. The summed E-state index contributed by atoms with van der Waals surface area (Å²) in [5.74, 6) is -0.881. The van der Waals surface area contributed by atoms with E-state index in [1.165, 1.54) is 19.0 Å². The van der Waals surface area contributed by atoms with Gasteiger partial charge in [-0.2, -0.15) is 5.26 Å². The van der Waals surface area contributed by atoms with Gasteiger partial charge in [0.25, 0.3) is 16.7 Å². The zero-order valence-corrected chi connectivity index (χ0v) is 41.2. The molecule has 0 aliphatic rings. The van der Waals surface area contributed by atoms with Crippen LogP contribution in [0, 0.1) is 22.0 Å². The number of fused-ring (bicyclic) bond motifs is 2. The molecule has 0 saturated carbocycles. The number of nitrogens with one attached hydrogen (secondary N) is 6. The van der Waals surface area contributed by atoms with Crippen molar-refractivity contribution in [1.82, 2.24) is 49.8 Å². The molecule has 0 aliphatic heterocycles. The number of anilines is 2. The Hall–Kier alpha value is -6.37. The molecule has 10 N–H and O–H groups in total. The van der Waals surface area contributed by atoms with Gasteiger partial charge in [0, 0.05) is 71.3 Å². The minimum atomic E-state index is -0.831. The largest absolute Gasteiger partial charge is 0.465 e. The summed E-state index contributed by atoms with van der Waals surface area (Å²) in [7, 11) is 0. The molecular formula is C43H62ClN13O11S. The van der Waals surface area contributed by atoms with Crippen LogP contribution in [0.5, 0.6) is 0 Å². The smallest absolute Gasteiger partial charge is 0.323 e. The highest BCUT2D eigenvalue weighted by molar-refractivity contribution is 7.71. The van der Waals surface area contributed by atoms with Gasteiger partial charge in [0.05, 0.1) is 47.2 Å². The van der Waals surface area contributed by atoms with Gasteiger partial charge in [-0.25, -0.2) is 19.9 Å². The lowest BCUT2D eigenvalue weighted by Gasteiger charge is -2.18. The molecule has 1 unspecified atom stereocenters. The molecule has 0 radical (unpaired) electrons. The molecule has 24 nitrogen and oxygen atoms in total. The average molecular weight is 1000 g/mol. The maximum atomic E-state index is 11.7. The number of rotatable bonds is 20. The molecule has 0 aromatic carbocycles. The van der Waals surface area contributed by atoms with Crippen molar-refractivity contribution in [3.63, 3.8) is 0 Å². The van der Waals surface area contributed by atoms with Gasteiger partial charge in [0.1, 0.15) is 40.3 Å². The summed E-state index contributed by atoms with van der Waals surface area (Å²) in [5.41, 5.74) is 12.9. The zero-order valence-electron chi connectivity index (χ0n) is 39.6. The van der Waals surface area contributed by atoms with E-state index in [0.29, 0.717) is 73.4 Å². The van der Waals surface area contributed by atoms with Crippen molar-refractivity contribution < 1.29 is 38.0 Å². The predicted molar refractivity (Wildman–Crippen MR) is 260 cm³/mol. The van der Waals surface area contributed by atoms with E-state index in [9.17, 15) is 19.2 Å². The Balaban J connectivity index is 0.000000300. The molecule has 0 saturated heterocycles. The molecule has 0 spiro atoms. The highest BCUT2D eigenvalue weighted by Crippen LogP contribution is 2.17. The maximum absolute atomic E-state index is 11.7. The van der Waals surface area contributed by atoms with E-state index in [0.717, 1.165) is 11.0 Å². The third kappa shape index (κ3) is 20.8. The second-order valence-corrected chi connectivity index (χ2v) is 14.1. The van der Waals surface area contributed by atoms with E-state index < -0.39 is 30.8 Å². The minimum absolute atomic E-state index is 0.105. The van der Waals surface area contributed by atoms with Gasteiger partial charge in [-0.3, -0.25) is 24.2 Å². The topological polar surface area (TPSA) is 355 Å². The van der Waals surface area contributed by atoms with Crippen LogP contribution in [0.3, 0.4) is 0 Å². The van der Waals surface area contributed by atoms with Crippen LogP contribution in [-0.4, -0.2) is 121 Å². The average Bonchev–Trinajstić information content (AvgIpc) is 4.02. The molecule has 0 bridgehead atoms. The molecule has 0 amide bonds. The Labute approximate surface area is 407 Å². The fraction of sp³-hybridized carbons (Fsp3) is 0.488. The Morgan fingerprint density at radius 3 is 1.67 bits per heavy atom.